The molecule has 0 saturated heterocycles. The Bertz CT molecular complexity index is 557. The van der Waals surface area contributed by atoms with Gasteiger partial charge in [0.05, 0.1) is 0 Å². The molecule has 1 heterocycles. The Balaban J connectivity index is 2.28. The third kappa shape index (κ3) is 2.58. The Labute approximate surface area is 100.0 Å². The molecule has 0 fully saturated rings. The van der Waals surface area contributed by atoms with Gasteiger partial charge in [0.1, 0.15) is 11.9 Å². The average Bonchev–Trinajstić information content (AvgIpc) is 2.39. The number of nitriles is 1. The lowest BCUT2D eigenvalue weighted by Crippen LogP contribution is -1.99. The molecule has 0 radical (unpaired) electrons. The molecule has 0 amide bonds. The highest BCUT2D eigenvalue weighted by molar-refractivity contribution is 5.60. The molecule has 4 nitrogen and oxygen atoms in total. The van der Waals surface area contributed by atoms with Gasteiger partial charge in [-0.3, -0.25) is 0 Å². The van der Waals surface area contributed by atoms with E-state index in [0.29, 0.717) is 5.82 Å². The zero-order chi connectivity index (χ0) is 12.1. The fourth-order valence-corrected chi connectivity index (χ4v) is 1.57. The van der Waals surface area contributed by atoms with E-state index >= 15 is 0 Å². The number of benzene rings is 1. The van der Waals surface area contributed by atoms with Gasteiger partial charge in [-0.25, -0.2) is 9.97 Å². The summed E-state index contributed by atoms with van der Waals surface area (Å²) in [6.45, 7) is 2.10. The van der Waals surface area contributed by atoms with Gasteiger partial charge in [0.25, 0.3) is 0 Å². The Morgan fingerprint density at radius 3 is 2.88 bits per heavy atom. The molecule has 0 aliphatic carbocycles. The van der Waals surface area contributed by atoms with E-state index in [4.69, 9.17) is 5.26 Å². The SMILES string of the molecule is CCc1ccccc1Nc1ccnc(C#N)n1. The Hall–Kier alpha value is -2.41. The molecule has 84 valence electrons. The number of hydrogen-bond acceptors (Lipinski definition) is 4. The predicted octanol–water partition coefficient (Wildman–Crippen LogP) is 2.65. The van der Waals surface area contributed by atoms with Gasteiger partial charge in [-0.1, -0.05) is 25.1 Å². The highest BCUT2D eigenvalue weighted by Gasteiger charge is 2.02. The number of hydrogen-bond donors (Lipinski definition) is 1. The molecule has 0 aliphatic rings. The van der Waals surface area contributed by atoms with Crippen molar-refractivity contribution in [2.75, 3.05) is 5.32 Å². The van der Waals surface area contributed by atoms with Crippen molar-refractivity contribution in [3.05, 3.63) is 47.9 Å². The Morgan fingerprint density at radius 2 is 2.12 bits per heavy atom. The van der Waals surface area contributed by atoms with Crippen molar-refractivity contribution >= 4 is 11.5 Å². The molecule has 1 N–H and O–H groups in total. The summed E-state index contributed by atoms with van der Waals surface area (Å²) in [5.74, 6) is 0.807. The molecule has 0 bridgehead atoms. The van der Waals surface area contributed by atoms with Crippen LogP contribution in [0.3, 0.4) is 0 Å². The second kappa shape index (κ2) is 5.08. The molecular weight excluding hydrogens is 212 g/mol. The fourth-order valence-electron chi connectivity index (χ4n) is 1.57. The van der Waals surface area contributed by atoms with Gasteiger partial charge in [0.2, 0.25) is 5.82 Å². The summed E-state index contributed by atoms with van der Waals surface area (Å²) in [5.41, 5.74) is 2.22. The molecule has 0 saturated carbocycles. The zero-order valence-corrected chi connectivity index (χ0v) is 9.51. The van der Waals surface area contributed by atoms with Crippen molar-refractivity contribution in [1.29, 1.82) is 5.26 Å². The summed E-state index contributed by atoms with van der Waals surface area (Å²) < 4.78 is 0. The van der Waals surface area contributed by atoms with Gasteiger partial charge in [-0.2, -0.15) is 5.26 Å². The summed E-state index contributed by atoms with van der Waals surface area (Å²) in [5, 5.41) is 11.9. The highest BCUT2D eigenvalue weighted by atomic mass is 15.0. The minimum atomic E-state index is 0.170. The maximum Gasteiger partial charge on any atom is 0.234 e. The largest absolute Gasteiger partial charge is 0.340 e. The molecule has 17 heavy (non-hydrogen) atoms. The molecular formula is C13H12N4. The standard InChI is InChI=1S/C13H12N4/c1-2-10-5-3-4-6-11(10)16-12-7-8-15-13(9-14)17-12/h3-8H,2H2,1H3,(H,15,16,17). The number of rotatable bonds is 3. The number of aryl methyl sites for hydroxylation is 1. The minimum absolute atomic E-state index is 0.170. The van der Waals surface area contributed by atoms with E-state index in [9.17, 15) is 0 Å². The minimum Gasteiger partial charge on any atom is -0.340 e. The Morgan fingerprint density at radius 1 is 1.29 bits per heavy atom. The third-order valence-electron chi connectivity index (χ3n) is 2.42. The smallest absolute Gasteiger partial charge is 0.234 e. The van der Waals surface area contributed by atoms with E-state index in [1.54, 1.807) is 12.3 Å². The van der Waals surface area contributed by atoms with Crippen molar-refractivity contribution in [2.24, 2.45) is 0 Å². The molecule has 1 aromatic heterocycles. The molecule has 0 spiro atoms. The van der Waals surface area contributed by atoms with E-state index < -0.39 is 0 Å². The summed E-state index contributed by atoms with van der Waals surface area (Å²) in [4.78, 5) is 7.91. The van der Waals surface area contributed by atoms with Crippen LogP contribution in [0.5, 0.6) is 0 Å². The fraction of sp³-hybridized carbons (Fsp3) is 0.154. The average molecular weight is 224 g/mol. The third-order valence-corrected chi connectivity index (χ3v) is 2.42. The van der Waals surface area contributed by atoms with Crippen LogP contribution in [0.25, 0.3) is 0 Å². The molecule has 2 aromatic rings. The van der Waals surface area contributed by atoms with Crippen LogP contribution in [0.15, 0.2) is 36.5 Å². The predicted molar refractivity (Wildman–Crippen MR) is 65.8 cm³/mol. The van der Waals surface area contributed by atoms with Gasteiger partial charge in [-0.05, 0) is 24.1 Å². The molecule has 1 aromatic carbocycles. The van der Waals surface area contributed by atoms with Gasteiger partial charge >= 0.3 is 0 Å². The van der Waals surface area contributed by atoms with Crippen molar-refractivity contribution in [3.8, 4) is 6.07 Å². The van der Waals surface area contributed by atoms with Crippen molar-refractivity contribution in [1.82, 2.24) is 9.97 Å². The Kier molecular flexibility index (Phi) is 3.31. The van der Waals surface area contributed by atoms with Gasteiger partial charge in [0, 0.05) is 11.9 Å². The zero-order valence-electron chi connectivity index (χ0n) is 9.51. The summed E-state index contributed by atoms with van der Waals surface area (Å²) >= 11 is 0. The number of anilines is 2. The number of aromatic nitrogens is 2. The van der Waals surface area contributed by atoms with Crippen molar-refractivity contribution in [3.63, 3.8) is 0 Å². The lowest BCUT2D eigenvalue weighted by atomic mass is 10.1. The van der Waals surface area contributed by atoms with Crippen LogP contribution in [0.1, 0.15) is 18.3 Å². The quantitative estimate of drug-likeness (QED) is 0.870. The first-order valence-corrected chi connectivity index (χ1v) is 5.41. The second-order valence-electron chi connectivity index (χ2n) is 3.51. The number of nitrogens with one attached hydrogen (secondary N) is 1. The monoisotopic (exact) mass is 224 g/mol. The molecule has 0 unspecified atom stereocenters. The summed E-state index contributed by atoms with van der Waals surface area (Å²) in [7, 11) is 0. The van der Waals surface area contributed by atoms with Crippen LogP contribution in [-0.4, -0.2) is 9.97 Å². The van der Waals surface area contributed by atoms with E-state index in [1.165, 1.54) is 5.56 Å². The highest BCUT2D eigenvalue weighted by Crippen LogP contribution is 2.19. The normalized spacial score (nSPS) is 9.65. The van der Waals surface area contributed by atoms with Gasteiger partial charge in [0.15, 0.2) is 0 Å². The molecule has 0 aliphatic heterocycles. The van der Waals surface area contributed by atoms with Crippen LogP contribution in [-0.2, 0) is 6.42 Å². The van der Waals surface area contributed by atoms with Crippen molar-refractivity contribution in [2.45, 2.75) is 13.3 Å². The van der Waals surface area contributed by atoms with Crippen LogP contribution in [0.2, 0.25) is 0 Å². The van der Waals surface area contributed by atoms with Crippen LogP contribution >= 0.6 is 0 Å². The van der Waals surface area contributed by atoms with Crippen LogP contribution < -0.4 is 5.32 Å². The lowest BCUT2D eigenvalue weighted by Gasteiger charge is -2.09. The first-order valence-electron chi connectivity index (χ1n) is 5.41. The van der Waals surface area contributed by atoms with Gasteiger partial charge < -0.3 is 5.32 Å². The first-order chi connectivity index (χ1) is 8.33. The second-order valence-corrected chi connectivity index (χ2v) is 3.51. The molecule has 2 rings (SSSR count). The molecule has 4 heteroatoms. The van der Waals surface area contributed by atoms with E-state index in [0.717, 1.165) is 12.1 Å². The summed E-state index contributed by atoms with van der Waals surface area (Å²) in [6.07, 6.45) is 2.52. The van der Waals surface area contributed by atoms with Gasteiger partial charge in [-0.15, -0.1) is 0 Å². The van der Waals surface area contributed by atoms with Crippen LogP contribution in [0, 0.1) is 11.3 Å². The first kappa shape index (κ1) is 11.1. The van der Waals surface area contributed by atoms with E-state index in [-0.39, 0.29) is 5.82 Å². The summed E-state index contributed by atoms with van der Waals surface area (Å²) in [6, 6.07) is 11.7. The van der Waals surface area contributed by atoms with Crippen molar-refractivity contribution < 1.29 is 0 Å². The number of para-hydroxylation sites is 1. The van der Waals surface area contributed by atoms with E-state index in [2.05, 4.69) is 28.3 Å². The maximum atomic E-state index is 8.73. The lowest BCUT2D eigenvalue weighted by molar-refractivity contribution is 1.10. The number of nitrogens with zero attached hydrogens (tertiary/aromatic N) is 3. The molecule has 0 atom stereocenters. The topological polar surface area (TPSA) is 61.6 Å². The van der Waals surface area contributed by atoms with Crippen LogP contribution in [0.4, 0.5) is 11.5 Å². The van der Waals surface area contributed by atoms with E-state index in [1.807, 2.05) is 24.3 Å². The maximum absolute atomic E-state index is 8.73.